The summed E-state index contributed by atoms with van der Waals surface area (Å²) in [6.07, 6.45) is 0.377. The molecule has 18 nitrogen and oxygen atoms in total. The normalized spacial score (nSPS) is 11.5. The van der Waals surface area contributed by atoms with Crippen LogP contribution in [0.5, 0.6) is 23.0 Å². The average molecular weight is 1120 g/mol. The van der Waals surface area contributed by atoms with Crippen molar-refractivity contribution in [2.45, 2.75) is 36.5 Å². The fourth-order valence-electron chi connectivity index (χ4n) is 7.59. The van der Waals surface area contributed by atoms with Crippen LogP contribution in [0.1, 0.15) is 45.7 Å². The summed E-state index contributed by atoms with van der Waals surface area (Å²) >= 11 is 12.7. The topological polar surface area (TPSA) is 281 Å². The smallest absolute Gasteiger partial charge is 0.870 e. The van der Waals surface area contributed by atoms with Gasteiger partial charge in [-0.1, -0.05) is 91.3 Å². The van der Waals surface area contributed by atoms with Crippen LogP contribution in [0.25, 0.3) is 21.5 Å². The Kier molecular flexibility index (Phi) is 19.0. The second kappa shape index (κ2) is 24.7. The third kappa shape index (κ3) is 13.2. The number of phenolic OH excluding ortho intramolecular Hbond substituents is 1. The van der Waals surface area contributed by atoms with Gasteiger partial charge in [-0.15, -0.1) is 15.3 Å². The van der Waals surface area contributed by atoms with Crippen molar-refractivity contribution in [1.82, 2.24) is 0 Å². The largest absolute Gasteiger partial charge is 2.00 e. The van der Waals surface area contributed by atoms with Gasteiger partial charge in [0.05, 0.1) is 45.3 Å². The summed E-state index contributed by atoms with van der Waals surface area (Å²) in [6.45, 7) is 3.33. The number of aromatic hydroxyl groups is 1. The Morgan fingerprint density at radius 1 is 0.600 bits per heavy atom. The van der Waals surface area contributed by atoms with Crippen LogP contribution in [-0.4, -0.2) is 94.8 Å². The monoisotopic (exact) mass is 1120 g/mol. The number of nitrogens with zero attached hydrogens (tertiary/aromatic N) is 4. The minimum absolute atomic E-state index is 0. The van der Waals surface area contributed by atoms with Crippen LogP contribution in [0.15, 0.2) is 164 Å². The number of azo groups is 2. The fraction of sp³-hybridized carbons (Fsp3) is 0.115. The Bertz CT molecular complexity index is 3530. The molecule has 0 radical (unpaired) electrons. The molecule has 4 N–H and O–H groups in total. The number of nitrogens with one attached hydrogen (secondary N) is 2. The molecular weight excluding hydrogens is 1080 g/mol. The molecule has 2 amide bonds. The number of carbonyl (C=O) groups is 2. The summed E-state index contributed by atoms with van der Waals surface area (Å²) in [7, 11) is -6.16. The van der Waals surface area contributed by atoms with E-state index in [1.807, 2.05) is 0 Å². The zero-order valence-corrected chi connectivity index (χ0v) is 45.5. The van der Waals surface area contributed by atoms with Gasteiger partial charge in [0.1, 0.15) is 38.7 Å². The van der Waals surface area contributed by atoms with E-state index in [1.54, 1.807) is 117 Å². The minimum atomic E-state index is -4.74. The maximum atomic E-state index is 13.3. The number of phenols is 1. The van der Waals surface area contributed by atoms with E-state index in [-0.39, 0.29) is 111 Å². The molecule has 8 aromatic carbocycles. The molecule has 8 aromatic rings. The van der Waals surface area contributed by atoms with Gasteiger partial charge >= 0.3 is 37.7 Å². The van der Waals surface area contributed by atoms with Crippen molar-refractivity contribution in [2.24, 2.45) is 20.5 Å². The summed E-state index contributed by atoms with van der Waals surface area (Å²) in [5.41, 5.74) is 1.23. The van der Waals surface area contributed by atoms with Gasteiger partial charge in [-0.05, 0) is 120 Å². The van der Waals surface area contributed by atoms with Crippen LogP contribution >= 0.6 is 23.2 Å². The summed E-state index contributed by atoms with van der Waals surface area (Å²) < 4.78 is 77.7. The first-order valence-electron chi connectivity index (χ1n) is 22.1. The van der Waals surface area contributed by atoms with Gasteiger partial charge in [-0.2, -0.15) is 13.5 Å². The molecular formula is C52H42CaCl2N6O12S2. The van der Waals surface area contributed by atoms with Gasteiger partial charge in [0, 0.05) is 27.7 Å². The Balaban J connectivity index is 0.000000241. The van der Waals surface area contributed by atoms with Crippen molar-refractivity contribution in [3.8, 4) is 23.0 Å². The van der Waals surface area contributed by atoms with Crippen LogP contribution < -0.4 is 25.2 Å². The van der Waals surface area contributed by atoms with Crippen molar-refractivity contribution in [3.63, 3.8) is 0 Å². The van der Waals surface area contributed by atoms with Crippen molar-refractivity contribution in [2.75, 3.05) is 24.9 Å². The molecule has 0 aromatic heterocycles. The molecule has 0 aliphatic carbocycles. The summed E-state index contributed by atoms with van der Waals surface area (Å²) in [5.74, 6) is -0.998. The summed E-state index contributed by atoms with van der Waals surface area (Å²) in [4.78, 5) is 25.3. The summed E-state index contributed by atoms with van der Waals surface area (Å²) in [6, 6.07) is 35.1. The Morgan fingerprint density at radius 3 is 1.47 bits per heavy atom. The second-order valence-corrected chi connectivity index (χ2v) is 19.3. The third-order valence-electron chi connectivity index (χ3n) is 11.3. The second-order valence-electron chi connectivity index (χ2n) is 15.8. The molecule has 75 heavy (non-hydrogen) atoms. The predicted molar refractivity (Wildman–Crippen MR) is 284 cm³/mol. The molecule has 0 spiro atoms. The average Bonchev–Trinajstić information content (AvgIpc) is 3.38. The Morgan fingerprint density at radius 2 is 1.01 bits per heavy atom. The number of benzene rings is 8. The number of halogens is 2. The first kappa shape index (κ1) is 57.6. The Labute approximate surface area is 470 Å². The minimum Gasteiger partial charge on any atom is -0.870 e. The van der Waals surface area contributed by atoms with Gasteiger partial charge < -0.3 is 34.9 Å². The van der Waals surface area contributed by atoms with E-state index in [9.17, 15) is 45.7 Å². The van der Waals surface area contributed by atoms with Gasteiger partial charge in [-0.25, -0.2) is 8.42 Å². The standard InChI is InChI=1S/2C26H22ClN3O6S.Ca/c2*1-3-18-22(37(33,34)35)13-12-21(23(18)27)29-30-24-19-7-5-4-6-15(19)14-20(25(24)31)26(32)28-16-8-10-17(36-2)11-9-16;/h2*4-14,31H,3H2,1-2H3,(H,28,32)(H,33,34,35);/q;;+2/p-2. The van der Waals surface area contributed by atoms with Crippen molar-refractivity contribution < 1.29 is 55.2 Å². The first-order chi connectivity index (χ1) is 35.3. The number of fused-ring (bicyclic) bond motifs is 2. The number of carbonyl (C=O) groups excluding carboxylic acids is 2. The maximum Gasteiger partial charge on any atom is 2.00 e. The SMILES string of the molecule is CCc1c(S(=O)(=O)O)ccc(N=Nc2c(O)c(C(=O)Nc3ccc(OC)cc3)cc3ccccc23)c1Cl.CCc1c(S(=O)(=O)[O-])ccc(N=Nc2c([O-])c(C(=O)Nc3ccc(OC)cc3)cc3ccccc23)c1Cl.[Ca+2]. The molecule has 0 aliphatic rings. The zero-order chi connectivity index (χ0) is 53.5. The molecule has 0 unspecified atom stereocenters. The van der Waals surface area contributed by atoms with Crippen LogP contribution in [0.4, 0.5) is 34.1 Å². The molecule has 8 rings (SSSR count). The van der Waals surface area contributed by atoms with Crippen molar-refractivity contribution >= 4 is 149 Å². The van der Waals surface area contributed by atoms with E-state index in [0.717, 1.165) is 6.07 Å². The molecule has 0 atom stereocenters. The fourth-order valence-corrected chi connectivity index (χ4v) is 9.96. The van der Waals surface area contributed by atoms with Crippen LogP contribution in [0.3, 0.4) is 0 Å². The molecule has 380 valence electrons. The first-order valence-corrected chi connectivity index (χ1v) is 25.7. The van der Waals surface area contributed by atoms with E-state index in [2.05, 4.69) is 31.1 Å². The number of hydrogen-bond donors (Lipinski definition) is 4. The molecule has 0 saturated carbocycles. The molecule has 23 heteroatoms. The van der Waals surface area contributed by atoms with E-state index in [0.29, 0.717) is 44.4 Å². The maximum absolute atomic E-state index is 13.3. The van der Waals surface area contributed by atoms with Crippen molar-refractivity contribution in [3.05, 3.63) is 166 Å². The van der Waals surface area contributed by atoms with Gasteiger partial charge in [0.25, 0.3) is 21.9 Å². The van der Waals surface area contributed by atoms with Gasteiger partial charge in [0.2, 0.25) is 0 Å². The van der Waals surface area contributed by atoms with E-state index < -0.39 is 48.4 Å². The molecule has 0 aliphatic heterocycles. The number of hydrogen-bond acceptors (Lipinski definition) is 15. The van der Waals surface area contributed by atoms with Crippen molar-refractivity contribution in [1.29, 1.82) is 0 Å². The number of methoxy groups -OCH3 is 2. The number of amides is 2. The van der Waals surface area contributed by atoms with Gasteiger partial charge in [0.15, 0.2) is 5.75 Å². The van der Waals surface area contributed by atoms with Crippen LogP contribution in [0.2, 0.25) is 10.0 Å². The van der Waals surface area contributed by atoms with Crippen LogP contribution in [0, 0.1) is 0 Å². The zero-order valence-electron chi connectivity index (χ0n) is 40.2. The Hall–Kier alpha value is -6.72. The number of anilines is 2. The van der Waals surface area contributed by atoms with Crippen LogP contribution in [-0.2, 0) is 33.1 Å². The number of rotatable bonds is 14. The number of ether oxygens (including phenoxy) is 2. The van der Waals surface area contributed by atoms with E-state index in [4.69, 9.17) is 32.7 Å². The van der Waals surface area contributed by atoms with E-state index in [1.165, 1.54) is 38.5 Å². The molecule has 0 bridgehead atoms. The molecule has 0 fully saturated rings. The summed E-state index contributed by atoms with van der Waals surface area (Å²) in [5, 5.41) is 48.5. The molecule has 0 saturated heterocycles. The van der Waals surface area contributed by atoms with Gasteiger partial charge in [-0.3, -0.25) is 14.1 Å². The third-order valence-corrected chi connectivity index (χ3v) is 14.0. The van der Waals surface area contributed by atoms with E-state index >= 15 is 0 Å². The molecule has 0 heterocycles. The quantitative estimate of drug-likeness (QED) is 0.0449. The predicted octanol–water partition coefficient (Wildman–Crippen LogP) is 12.0.